The van der Waals surface area contributed by atoms with Gasteiger partial charge in [-0.3, -0.25) is 9.89 Å². The second-order valence-electron chi connectivity index (χ2n) is 5.67. The first-order valence-corrected chi connectivity index (χ1v) is 7.78. The zero-order chi connectivity index (χ0) is 15.4. The van der Waals surface area contributed by atoms with Crippen LogP contribution in [0.3, 0.4) is 0 Å². The van der Waals surface area contributed by atoms with Crippen LogP contribution in [0.2, 0.25) is 0 Å². The van der Waals surface area contributed by atoms with Crippen LogP contribution in [0.4, 0.5) is 5.69 Å². The van der Waals surface area contributed by atoms with Crippen LogP contribution in [-0.4, -0.2) is 28.3 Å². The first kappa shape index (κ1) is 14.8. The molecule has 2 aliphatic rings. The van der Waals surface area contributed by atoms with E-state index < -0.39 is 0 Å². The molecule has 22 heavy (non-hydrogen) atoms. The lowest BCUT2D eigenvalue weighted by atomic mass is 10.1. The third kappa shape index (κ3) is 3.36. The van der Waals surface area contributed by atoms with Gasteiger partial charge in [-0.25, -0.2) is 0 Å². The Morgan fingerprint density at radius 2 is 2.27 bits per heavy atom. The Kier molecular flexibility index (Phi) is 4.53. The Balaban J connectivity index is 1.74. The van der Waals surface area contributed by atoms with Gasteiger partial charge in [0.2, 0.25) is 0 Å². The lowest BCUT2D eigenvalue weighted by molar-refractivity contribution is -0.126. The molecule has 0 aromatic carbocycles. The quantitative estimate of drug-likeness (QED) is 0.900. The van der Waals surface area contributed by atoms with Crippen LogP contribution in [-0.2, 0) is 9.53 Å². The Bertz CT molecular complexity index is 628. The summed E-state index contributed by atoms with van der Waals surface area (Å²) in [5.74, 6) is -0.0951. The standard InChI is InChI=1S/C17H21N3O2/c1-12-9-10-15(22-12)17(21)19-14-11-18-20-16(14)13-7-5-3-2-4-6-8-13/h2-3,5,7-8,11-12,15H,4,6,9-10H2,1H3,(H,18,20)(H,19,21)/b3-2+,7-5-,13-8+. The van der Waals surface area contributed by atoms with Gasteiger partial charge in [0.05, 0.1) is 11.8 Å². The van der Waals surface area contributed by atoms with E-state index in [0.717, 1.165) is 37.0 Å². The first-order chi connectivity index (χ1) is 10.7. The van der Waals surface area contributed by atoms with Crippen LogP contribution in [0.1, 0.15) is 38.3 Å². The minimum atomic E-state index is -0.359. The van der Waals surface area contributed by atoms with E-state index in [1.54, 1.807) is 6.20 Å². The Labute approximate surface area is 130 Å². The molecule has 1 aliphatic heterocycles. The lowest BCUT2D eigenvalue weighted by Crippen LogP contribution is -2.27. The number of carbonyl (C=O) groups excluding carboxylic acids is 1. The van der Waals surface area contributed by atoms with Gasteiger partial charge in [-0.2, -0.15) is 5.10 Å². The zero-order valence-electron chi connectivity index (χ0n) is 12.7. The molecule has 1 aromatic heterocycles. The van der Waals surface area contributed by atoms with Gasteiger partial charge in [0.1, 0.15) is 11.8 Å². The number of aromatic amines is 1. The number of allylic oxidation sites excluding steroid dienone is 6. The maximum Gasteiger partial charge on any atom is 0.253 e. The summed E-state index contributed by atoms with van der Waals surface area (Å²) in [4.78, 5) is 12.3. The van der Waals surface area contributed by atoms with Crippen LogP contribution in [0, 0.1) is 0 Å². The van der Waals surface area contributed by atoms with E-state index in [2.05, 4.69) is 27.7 Å². The van der Waals surface area contributed by atoms with Crippen LogP contribution in [0.15, 0.2) is 36.6 Å². The SMILES string of the molecule is CC1CCC(C(=O)Nc2c[nH]nc2C2=C/CC/C=C/C=C\2)O1. The van der Waals surface area contributed by atoms with Crippen LogP contribution in [0.5, 0.6) is 0 Å². The molecular weight excluding hydrogens is 278 g/mol. The minimum absolute atomic E-state index is 0.0951. The molecule has 1 aliphatic carbocycles. The molecule has 2 unspecified atom stereocenters. The average Bonchev–Trinajstić information content (AvgIpc) is 3.08. The van der Waals surface area contributed by atoms with Crippen molar-refractivity contribution in [1.82, 2.24) is 10.2 Å². The van der Waals surface area contributed by atoms with Crippen molar-refractivity contribution < 1.29 is 9.53 Å². The number of nitrogens with zero attached hydrogens (tertiary/aromatic N) is 1. The van der Waals surface area contributed by atoms with Crippen LogP contribution < -0.4 is 5.32 Å². The molecule has 0 bridgehead atoms. The van der Waals surface area contributed by atoms with E-state index in [4.69, 9.17) is 4.74 Å². The number of ether oxygens (including phenoxy) is 1. The summed E-state index contributed by atoms with van der Waals surface area (Å²) in [6.45, 7) is 1.99. The second-order valence-corrected chi connectivity index (χ2v) is 5.67. The van der Waals surface area contributed by atoms with Crippen molar-refractivity contribution in [3.05, 3.63) is 42.3 Å². The van der Waals surface area contributed by atoms with Crippen molar-refractivity contribution in [2.75, 3.05) is 5.32 Å². The third-order valence-corrected chi connectivity index (χ3v) is 3.92. The fourth-order valence-corrected chi connectivity index (χ4v) is 2.73. The molecule has 1 fully saturated rings. The van der Waals surface area contributed by atoms with Crippen LogP contribution in [0.25, 0.3) is 5.57 Å². The highest BCUT2D eigenvalue weighted by atomic mass is 16.5. The molecule has 1 amide bonds. The third-order valence-electron chi connectivity index (χ3n) is 3.92. The summed E-state index contributed by atoms with van der Waals surface area (Å²) in [5, 5.41) is 10.1. The van der Waals surface area contributed by atoms with Crippen molar-refractivity contribution in [1.29, 1.82) is 0 Å². The summed E-state index contributed by atoms with van der Waals surface area (Å²) in [6.07, 6.45) is 15.5. The minimum Gasteiger partial charge on any atom is -0.365 e. The highest BCUT2D eigenvalue weighted by Crippen LogP contribution is 2.26. The number of anilines is 1. The van der Waals surface area contributed by atoms with E-state index >= 15 is 0 Å². The number of hydrogen-bond donors (Lipinski definition) is 2. The number of nitrogens with one attached hydrogen (secondary N) is 2. The van der Waals surface area contributed by atoms with Gasteiger partial charge in [0.15, 0.2) is 0 Å². The number of carbonyl (C=O) groups is 1. The zero-order valence-corrected chi connectivity index (χ0v) is 12.7. The largest absolute Gasteiger partial charge is 0.365 e. The number of aromatic nitrogens is 2. The molecule has 1 saturated heterocycles. The maximum atomic E-state index is 12.3. The van der Waals surface area contributed by atoms with Crippen molar-refractivity contribution in [3.63, 3.8) is 0 Å². The van der Waals surface area contributed by atoms with Crippen molar-refractivity contribution >= 4 is 17.2 Å². The Hall–Kier alpha value is -2.14. The summed E-state index contributed by atoms with van der Waals surface area (Å²) in [6, 6.07) is 0. The van der Waals surface area contributed by atoms with Gasteiger partial charge in [0, 0.05) is 11.8 Å². The number of amides is 1. The Morgan fingerprint density at radius 3 is 3.09 bits per heavy atom. The van der Waals surface area contributed by atoms with Crippen LogP contribution >= 0.6 is 0 Å². The molecule has 1 aromatic rings. The molecule has 2 heterocycles. The molecule has 0 saturated carbocycles. The summed E-state index contributed by atoms with van der Waals surface area (Å²) >= 11 is 0. The molecule has 3 rings (SSSR count). The molecular formula is C17H21N3O2. The fraction of sp³-hybridized carbons (Fsp3) is 0.412. The number of hydrogen-bond acceptors (Lipinski definition) is 3. The molecule has 2 atom stereocenters. The summed E-state index contributed by atoms with van der Waals surface area (Å²) < 4.78 is 5.61. The number of rotatable bonds is 3. The predicted molar refractivity (Wildman–Crippen MR) is 86.3 cm³/mol. The summed E-state index contributed by atoms with van der Waals surface area (Å²) in [7, 11) is 0. The topological polar surface area (TPSA) is 67.0 Å². The number of H-pyrrole nitrogens is 1. The molecule has 116 valence electrons. The van der Waals surface area contributed by atoms with Gasteiger partial charge in [-0.15, -0.1) is 0 Å². The predicted octanol–water partition coefficient (Wildman–Crippen LogP) is 3.21. The molecule has 2 N–H and O–H groups in total. The lowest BCUT2D eigenvalue weighted by Gasteiger charge is -2.12. The molecule has 5 nitrogen and oxygen atoms in total. The normalized spacial score (nSPS) is 30.0. The van der Waals surface area contributed by atoms with Gasteiger partial charge >= 0.3 is 0 Å². The van der Waals surface area contributed by atoms with Crippen molar-refractivity contribution in [2.24, 2.45) is 0 Å². The highest BCUT2D eigenvalue weighted by Gasteiger charge is 2.28. The molecule has 5 heteroatoms. The van der Waals surface area contributed by atoms with Crippen molar-refractivity contribution in [2.45, 2.75) is 44.8 Å². The fourth-order valence-electron chi connectivity index (χ4n) is 2.73. The van der Waals surface area contributed by atoms with Crippen molar-refractivity contribution in [3.8, 4) is 0 Å². The Morgan fingerprint density at radius 1 is 1.36 bits per heavy atom. The van der Waals surface area contributed by atoms with E-state index in [-0.39, 0.29) is 18.1 Å². The summed E-state index contributed by atoms with van der Waals surface area (Å²) in [5.41, 5.74) is 2.49. The highest BCUT2D eigenvalue weighted by molar-refractivity contribution is 5.97. The van der Waals surface area contributed by atoms with E-state index in [0.29, 0.717) is 5.69 Å². The van der Waals surface area contributed by atoms with E-state index in [1.807, 2.05) is 25.2 Å². The molecule has 0 spiro atoms. The van der Waals surface area contributed by atoms with Gasteiger partial charge < -0.3 is 10.1 Å². The van der Waals surface area contributed by atoms with E-state index in [1.165, 1.54) is 0 Å². The maximum absolute atomic E-state index is 12.3. The molecule has 0 radical (unpaired) electrons. The van der Waals surface area contributed by atoms with E-state index in [9.17, 15) is 4.79 Å². The van der Waals surface area contributed by atoms with Gasteiger partial charge in [-0.05, 0) is 32.6 Å². The van der Waals surface area contributed by atoms with Gasteiger partial charge in [-0.1, -0.05) is 30.4 Å². The van der Waals surface area contributed by atoms with Gasteiger partial charge in [0.25, 0.3) is 5.91 Å². The first-order valence-electron chi connectivity index (χ1n) is 7.78. The smallest absolute Gasteiger partial charge is 0.253 e. The monoisotopic (exact) mass is 299 g/mol. The average molecular weight is 299 g/mol. The second kappa shape index (κ2) is 6.75.